The summed E-state index contributed by atoms with van der Waals surface area (Å²) in [6, 6.07) is 12.9. The molecule has 0 heterocycles. The minimum absolute atomic E-state index is 0.0352. The van der Waals surface area contributed by atoms with Crippen LogP contribution in [0.3, 0.4) is 0 Å². The molecule has 2 aromatic rings. The predicted octanol–water partition coefficient (Wildman–Crippen LogP) is 5.70. The predicted molar refractivity (Wildman–Crippen MR) is 99.6 cm³/mol. The molecule has 0 fully saturated rings. The average Bonchev–Trinajstić information content (AvgIpc) is 2.52. The number of thiocarbonyl (C=S) groups is 1. The third-order valence-electron chi connectivity index (χ3n) is 3.92. The van der Waals surface area contributed by atoms with Crippen molar-refractivity contribution in [2.75, 3.05) is 5.32 Å². The summed E-state index contributed by atoms with van der Waals surface area (Å²) >= 11 is 5.31. The zero-order valence-electron chi connectivity index (χ0n) is 14.3. The van der Waals surface area contributed by atoms with Crippen LogP contribution in [0.25, 0.3) is 0 Å². The number of nitrogens with one attached hydrogen (secondary N) is 2. The average molecular weight is 366 g/mol. The summed E-state index contributed by atoms with van der Waals surface area (Å²) in [5.74, 6) is 0.252. The number of hydrogen-bond acceptors (Lipinski definition) is 1. The van der Waals surface area contributed by atoms with Crippen LogP contribution in [0.15, 0.2) is 48.5 Å². The van der Waals surface area contributed by atoms with Crippen LogP contribution in [0.1, 0.15) is 36.6 Å². The van der Waals surface area contributed by atoms with Crippen LogP contribution in [0.2, 0.25) is 0 Å². The highest BCUT2D eigenvalue weighted by Gasteiger charge is 2.30. The van der Waals surface area contributed by atoms with E-state index in [9.17, 15) is 13.2 Å². The van der Waals surface area contributed by atoms with Gasteiger partial charge < -0.3 is 10.6 Å². The molecule has 0 spiro atoms. The standard InChI is InChI=1S/C19H21F3N2S/c1-12(2)17(16-10-5-4-7-13(16)3)24-18(25)23-15-9-6-8-14(11-15)19(20,21)22/h4-12,17H,1-3H3,(H2,23,24,25)/t17-/m0/s1. The van der Waals surface area contributed by atoms with E-state index in [1.54, 1.807) is 6.07 Å². The Morgan fingerprint density at radius 1 is 1.04 bits per heavy atom. The summed E-state index contributed by atoms with van der Waals surface area (Å²) < 4.78 is 38.4. The lowest BCUT2D eigenvalue weighted by molar-refractivity contribution is -0.137. The first-order chi connectivity index (χ1) is 11.7. The van der Waals surface area contributed by atoms with Crippen LogP contribution in [-0.2, 0) is 6.18 Å². The normalized spacial score (nSPS) is 12.8. The number of benzene rings is 2. The molecule has 2 nitrogen and oxygen atoms in total. The Hall–Kier alpha value is -2.08. The third-order valence-corrected chi connectivity index (χ3v) is 4.14. The maximum absolute atomic E-state index is 12.8. The van der Waals surface area contributed by atoms with Gasteiger partial charge in [-0.2, -0.15) is 13.2 Å². The highest BCUT2D eigenvalue weighted by Crippen LogP contribution is 2.31. The highest BCUT2D eigenvalue weighted by molar-refractivity contribution is 7.80. The Balaban J connectivity index is 2.14. The number of hydrogen-bond donors (Lipinski definition) is 2. The lowest BCUT2D eigenvalue weighted by atomic mass is 9.93. The van der Waals surface area contributed by atoms with Gasteiger partial charge in [-0.15, -0.1) is 0 Å². The van der Waals surface area contributed by atoms with Gasteiger partial charge in [0, 0.05) is 5.69 Å². The quantitative estimate of drug-likeness (QED) is 0.679. The van der Waals surface area contributed by atoms with Crippen LogP contribution in [-0.4, -0.2) is 5.11 Å². The molecule has 0 saturated heterocycles. The highest BCUT2D eigenvalue weighted by atomic mass is 32.1. The van der Waals surface area contributed by atoms with Gasteiger partial charge in [-0.3, -0.25) is 0 Å². The Kier molecular flexibility index (Phi) is 6.06. The number of aryl methyl sites for hydroxylation is 1. The van der Waals surface area contributed by atoms with Crippen molar-refractivity contribution in [3.8, 4) is 0 Å². The molecule has 1 atom stereocenters. The zero-order chi connectivity index (χ0) is 18.6. The second-order valence-electron chi connectivity index (χ2n) is 6.26. The number of rotatable bonds is 4. The molecule has 0 radical (unpaired) electrons. The van der Waals surface area contributed by atoms with Gasteiger partial charge in [0.25, 0.3) is 0 Å². The van der Waals surface area contributed by atoms with E-state index in [2.05, 4.69) is 24.5 Å². The minimum Gasteiger partial charge on any atom is -0.355 e. The molecule has 0 aliphatic rings. The molecular formula is C19H21F3N2S. The summed E-state index contributed by atoms with van der Waals surface area (Å²) in [6.07, 6.45) is -4.38. The smallest absolute Gasteiger partial charge is 0.355 e. The van der Waals surface area contributed by atoms with E-state index in [0.29, 0.717) is 10.8 Å². The van der Waals surface area contributed by atoms with Crippen molar-refractivity contribution in [3.05, 3.63) is 65.2 Å². The van der Waals surface area contributed by atoms with Crippen LogP contribution in [0, 0.1) is 12.8 Å². The maximum atomic E-state index is 12.8. The third kappa shape index (κ3) is 5.19. The Labute approximate surface area is 151 Å². The van der Waals surface area contributed by atoms with Crippen molar-refractivity contribution in [1.29, 1.82) is 0 Å². The molecule has 2 aromatic carbocycles. The molecule has 0 saturated carbocycles. The van der Waals surface area contributed by atoms with Crippen LogP contribution >= 0.6 is 12.2 Å². The van der Waals surface area contributed by atoms with E-state index in [1.165, 1.54) is 6.07 Å². The van der Waals surface area contributed by atoms with Crippen molar-refractivity contribution in [1.82, 2.24) is 5.32 Å². The lowest BCUT2D eigenvalue weighted by Crippen LogP contribution is -2.35. The van der Waals surface area contributed by atoms with Crippen LogP contribution in [0.5, 0.6) is 0 Å². The fourth-order valence-electron chi connectivity index (χ4n) is 2.62. The summed E-state index contributed by atoms with van der Waals surface area (Å²) in [6.45, 7) is 6.16. The molecule has 0 amide bonds. The van der Waals surface area contributed by atoms with Crippen LogP contribution < -0.4 is 10.6 Å². The van der Waals surface area contributed by atoms with E-state index < -0.39 is 11.7 Å². The Bertz CT molecular complexity index is 741. The second kappa shape index (κ2) is 7.87. The lowest BCUT2D eigenvalue weighted by Gasteiger charge is -2.26. The summed E-state index contributed by atoms with van der Waals surface area (Å²) in [4.78, 5) is 0. The molecule has 2 rings (SSSR count). The molecule has 0 unspecified atom stereocenters. The van der Waals surface area contributed by atoms with Gasteiger partial charge >= 0.3 is 6.18 Å². The maximum Gasteiger partial charge on any atom is 0.416 e. The largest absolute Gasteiger partial charge is 0.416 e. The molecular weight excluding hydrogens is 345 g/mol. The Morgan fingerprint density at radius 3 is 2.32 bits per heavy atom. The molecule has 25 heavy (non-hydrogen) atoms. The van der Waals surface area contributed by atoms with Crippen molar-refractivity contribution < 1.29 is 13.2 Å². The van der Waals surface area contributed by atoms with Crippen molar-refractivity contribution in [2.45, 2.75) is 33.0 Å². The molecule has 2 N–H and O–H groups in total. The van der Waals surface area contributed by atoms with Gasteiger partial charge in [-0.25, -0.2) is 0 Å². The Morgan fingerprint density at radius 2 is 1.72 bits per heavy atom. The van der Waals surface area contributed by atoms with Gasteiger partial charge in [0.15, 0.2) is 5.11 Å². The van der Waals surface area contributed by atoms with Gasteiger partial charge in [0.1, 0.15) is 0 Å². The molecule has 0 aliphatic heterocycles. The summed E-state index contributed by atoms with van der Waals surface area (Å²) in [5, 5.41) is 6.36. The van der Waals surface area contributed by atoms with E-state index in [-0.39, 0.29) is 12.0 Å². The minimum atomic E-state index is -4.38. The number of anilines is 1. The number of halogens is 3. The van der Waals surface area contributed by atoms with E-state index in [0.717, 1.165) is 23.3 Å². The molecule has 134 valence electrons. The van der Waals surface area contributed by atoms with Crippen molar-refractivity contribution >= 4 is 23.0 Å². The molecule has 6 heteroatoms. The van der Waals surface area contributed by atoms with Crippen LogP contribution in [0.4, 0.5) is 18.9 Å². The summed E-state index contributed by atoms with van der Waals surface area (Å²) in [5.41, 5.74) is 1.85. The molecule has 0 aromatic heterocycles. The zero-order valence-corrected chi connectivity index (χ0v) is 15.1. The van der Waals surface area contributed by atoms with E-state index >= 15 is 0 Å². The van der Waals surface area contributed by atoms with Crippen molar-refractivity contribution in [2.24, 2.45) is 5.92 Å². The fraction of sp³-hybridized carbons (Fsp3) is 0.316. The monoisotopic (exact) mass is 366 g/mol. The second-order valence-corrected chi connectivity index (χ2v) is 6.66. The van der Waals surface area contributed by atoms with Gasteiger partial charge in [-0.1, -0.05) is 44.2 Å². The van der Waals surface area contributed by atoms with E-state index in [4.69, 9.17) is 12.2 Å². The topological polar surface area (TPSA) is 24.1 Å². The van der Waals surface area contributed by atoms with Gasteiger partial charge in [-0.05, 0) is 54.4 Å². The first kappa shape index (κ1) is 19.2. The first-order valence-electron chi connectivity index (χ1n) is 7.99. The summed E-state index contributed by atoms with van der Waals surface area (Å²) in [7, 11) is 0. The molecule has 0 bridgehead atoms. The van der Waals surface area contributed by atoms with Gasteiger partial charge in [0.2, 0.25) is 0 Å². The van der Waals surface area contributed by atoms with Crippen molar-refractivity contribution in [3.63, 3.8) is 0 Å². The number of alkyl halides is 3. The molecule has 0 aliphatic carbocycles. The van der Waals surface area contributed by atoms with E-state index in [1.807, 2.05) is 31.2 Å². The SMILES string of the molecule is Cc1ccccc1[C@@H](NC(=S)Nc1cccc(C(F)(F)F)c1)C(C)C. The first-order valence-corrected chi connectivity index (χ1v) is 8.39. The van der Waals surface area contributed by atoms with Gasteiger partial charge in [0.05, 0.1) is 11.6 Å². The fourth-order valence-corrected chi connectivity index (χ4v) is 2.87.